The Morgan fingerprint density at radius 1 is 1.17 bits per heavy atom. The molecule has 1 aromatic heterocycles. The molecule has 2 aromatic rings. The Kier molecular flexibility index (Phi) is 6.61. The van der Waals surface area contributed by atoms with Gasteiger partial charge in [-0.25, -0.2) is 13.8 Å². The summed E-state index contributed by atoms with van der Waals surface area (Å²) in [6.07, 6.45) is 5.13. The van der Waals surface area contributed by atoms with Crippen LogP contribution >= 0.6 is 0 Å². The van der Waals surface area contributed by atoms with Crippen LogP contribution in [-0.4, -0.2) is 41.6 Å². The van der Waals surface area contributed by atoms with Gasteiger partial charge in [0.25, 0.3) is 5.91 Å². The summed E-state index contributed by atoms with van der Waals surface area (Å²) in [6, 6.07) is 3.43. The van der Waals surface area contributed by atoms with E-state index in [2.05, 4.69) is 32.4 Å². The van der Waals surface area contributed by atoms with E-state index in [-0.39, 0.29) is 23.6 Å². The Morgan fingerprint density at radius 2 is 1.86 bits per heavy atom. The monoisotopic (exact) mass is 403 g/mol. The molecule has 29 heavy (non-hydrogen) atoms. The van der Waals surface area contributed by atoms with Crippen LogP contribution in [0.3, 0.4) is 0 Å². The van der Waals surface area contributed by atoms with Gasteiger partial charge in [-0.2, -0.15) is 4.98 Å². The first-order chi connectivity index (χ1) is 13.9. The van der Waals surface area contributed by atoms with Gasteiger partial charge in [-0.05, 0) is 57.7 Å². The number of hydrogen-bond acceptors (Lipinski definition) is 5. The van der Waals surface area contributed by atoms with Crippen LogP contribution in [0, 0.1) is 18.6 Å². The molecular weight excluding hydrogens is 376 g/mol. The van der Waals surface area contributed by atoms with Crippen LogP contribution in [0.15, 0.2) is 24.4 Å². The summed E-state index contributed by atoms with van der Waals surface area (Å²) in [7, 11) is 2.00. The van der Waals surface area contributed by atoms with Crippen LogP contribution in [0.25, 0.3) is 0 Å². The summed E-state index contributed by atoms with van der Waals surface area (Å²) in [5.74, 6) is -0.830. The van der Waals surface area contributed by atoms with Crippen molar-refractivity contribution in [2.75, 3.05) is 23.8 Å². The van der Waals surface area contributed by atoms with Crippen molar-refractivity contribution in [3.8, 4) is 0 Å². The van der Waals surface area contributed by atoms with E-state index in [1.807, 2.05) is 20.2 Å². The lowest BCUT2D eigenvalue weighted by atomic mass is 9.91. The number of hydrogen-bond donors (Lipinski definition) is 2. The number of carbonyl (C=O) groups is 1. The summed E-state index contributed by atoms with van der Waals surface area (Å²) in [5, 5.41) is 6.31. The maximum atomic E-state index is 13.3. The SMILES string of the molecule is CCN(C)c1nc(NC2CCC(NC(=O)c3ccc(F)c(F)c3)CC2)ncc1C. The van der Waals surface area contributed by atoms with Gasteiger partial charge in [0, 0.05) is 43.0 Å². The van der Waals surface area contributed by atoms with Gasteiger partial charge in [-0.1, -0.05) is 0 Å². The van der Waals surface area contributed by atoms with Gasteiger partial charge in [-0.15, -0.1) is 0 Å². The predicted octanol–water partition coefficient (Wildman–Crippen LogP) is 3.67. The molecule has 0 atom stereocenters. The predicted molar refractivity (Wildman–Crippen MR) is 109 cm³/mol. The van der Waals surface area contributed by atoms with Crippen molar-refractivity contribution in [2.24, 2.45) is 0 Å². The molecule has 156 valence electrons. The summed E-state index contributed by atoms with van der Waals surface area (Å²) in [6.45, 7) is 4.93. The third-order valence-corrected chi connectivity index (χ3v) is 5.36. The fourth-order valence-electron chi connectivity index (χ4n) is 3.51. The minimum Gasteiger partial charge on any atom is -0.360 e. The van der Waals surface area contributed by atoms with Gasteiger partial charge in [-0.3, -0.25) is 4.79 Å². The smallest absolute Gasteiger partial charge is 0.251 e. The quantitative estimate of drug-likeness (QED) is 0.770. The minimum atomic E-state index is -1.02. The van der Waals surface area contributed by atoms with Crippen LogP contribution in [-0.2, 0) is 0 Å². The maximum absolute atomic E-state index is 13.3. The molecule has 0 bridgehead atoms. The number of amides is 1. The fourth-order valence-corrected chi connectivity index (χ4v) is 3.51. The summed E-state index contributed by atoms with van der Waals surface area (Å²) >= 11 is 0. The largest absolute Gasteiger partial charge is 0.360 e. The number of benzene rings is 1. The molecule has 1 aromatic carbocycles. The number of anilines is 2. The second kappa shape index (κ2) is 9.15. The molecule has 0 aliphatic heterocycles. The molecule has 0 unspecified atom stereocenters. The van der Waals surface area contributed by atoms with Gasteiger partial charge >= 0.3 is 0 Å². The number of rotatable bonds is 6. The molecule has 1 amide bonds. The lowest BCUT2D eigenvalue weighted by Crippen LogP contribution is -2.40. The van der Waals surface area contributed by atoms with Crippen LogP contribution in [0.2, 0.25) is 0 Å². The highest BCUT2D eigenvalue weighted by atomic mass is 19.2. The highest BCUT2D eigenvalue weighted by Gasteiger charge is 2.24. The number of carbonyl (C=O) groups excluding carboxylic acids is 1. The third kappa shape index (κ3) is 5.19. The summed E-state index contributed by atoms with van der Waals surface area (Å²) in [4.78, 5) is 23.4. The number of halogens is 2. The zero-order chi connectivity index (χ0) is 21.0. The van der Waals surface area contributed by atoms with Crippen molar-refractivity contribution in [1.29, 1.82) is 0 Å². The van der Waals surface area contributed by atoms with Crippen molar-refractivity contribution < 1.29 is 13.6 Å². The van der Waals surface area contributed by atoms with Gasteiger partial charge in [0.05, 0.1) is 0 Å². The average molecular weight is 403 g/mol. The minimum absolute atomic E-state index is 0.00869. The summed E-state index contributed by atoms with van der Waals surface area (Å²) < 4.78 is 26.4. The van der Waals surface area contributed by atoms with Crippen LogP contribution in [0.4, 0.5) is 20.5 Å². The highest BCUT2D eigenvalue weighted by Crippen LogP contribution is 2.23. The topological polar surface area (TPSA) is 70.2 Å². The molecule has 1 saturated carbocycles. The normalized spacial score (nSPS) is 18.9. The van der Waals surface area contributed by atoms with Crippen molar-refractivity contribution in [3.63, 3.8) is 0 Å². The molecular formula is C21H27F2N5O. The van der Waals surface area contributed by atoms with Gasteiger partial charge in [0.15, 0.2) is 11.6 Å². The fraction of sp³-hybridized carbons (Fsp3) is 0.476. The highest BCUT2D eigenvalue weighted by molar-refractivity contribution is 5.94. The lowest BCUT2D eigenvalue weighted by Gasteiger charge is -2.30. The standard InChI is InChI=1S/C21H27F2N5O/c1-4-28(3)19-13(2)12-24-21(27-19)26-16-8-6-15(7-9-16)25-20(29)14-5-10-17(22)18(23)11-14/h5,10-12,15-16H,4,6-9H2,1-3H3,(H,25,29)(H,24,26,27). The number of nitrogens with one attached hydrogen (secondary N) is 2. The zero-order valence-electron chi connectivity index (χ0n) is 17.0. The van der Waals surface area contributed by atoms with E-state index in [1.54, 1.807) is 0 Å². The van der Waals surface area contributed by atoms with E-state index < -0.39 is 11.6 Å². The number of nitrogens with zero attached hydrogens (tertiary/aromatic N) is 3. The van der Waals surface area contributed by atoms with Crippen LogP contribution < -0.4 is 15.5 Å². The zero-order valence-corrected chi connectivity index (χ0v) is 17.0. The molecule has 0 spiro atoms. The van der Waals surface area contributed by atoms with E-state index in [9.17, 15) is 13.6 Å². The van der Waals surface area contributed by atoms with Gasteiger partial charge in [0.2, 0.25) is 5.95 Å². The molecule has 0 saturated heterocycles. The Balaban J connectivity index is 1.53. The van der Waals surface area contributed by atoms with E-state index in [0.717, 1.165) is 55.7 Å². The van der Waals surface area contributed by atoms with E-state index in [0.29, 0.717) is 5.95 Å². The Hall–Kier alpha value is -2.77. The molecule has 6 nitrogen and oxygen atoms in total. The lowest BCUT2D eigenvalue weighted by molar-refractivity contribution is 0.0926. The molecule has 1 heterocycles. The first-order valence-electron chi connectivity index (χ1n) is 9.94. The summed E-state index contributed by atoms with van der Waals surface area (Å²) in [5.41, 5.74) is 1.16. The van der Waals surface area contributed by atoms with Gasteiger partial charge in [0.1, 0.15) is 5.82 Å². The van der Waals surface area contributed by atoms with Crippen LogP contribution in [0.5, 0.6) is 0 Å². The van der Waals surface area contributed by atoms with Gasteiger partial charge < -0.3 is 15.5 Å². The molecule has 8 heteroatoms. The number of aryl methyl sites for hydroxylation is 1. The maximum Gasteiger partial charge on any atom is 0.251 e. The second-order valence-electron chi connectivity index (χ2n) is 7.51. The first kappa shape index (κ1) is 21.0. The first-order valence-corrected chi connectivity index (χ1v) is 9.94. The average Bonchev–Trinajstić information content (AvgIpc) is 2.72. The Morgan fingerprint density at radius 3 is 2.52 bits per heavy atom. The second-order valence-corrected chi connectivity index (χ2v) is 7.51. The Labute approximate surface area is 169 Å². The van der Waals surface area contributed by atoms with Crippen LogP contribution in [0.1, 0.15) is 48.5 Å². The molecule has 3 rings (SSSR count). The van der Waals surface area contributed by atoms with Crippen molar-refractivity contribution >= 4 is 17.7 Å². The molecule has 2 N–H and O–H groups in total. The Bertz CT molecular complexity index is 868. The van der Waals surface area contributed by atoms with Crippen molar-refractivity contribution in [1.82, 2.24) is 15.3 Å². The van der Waals surface area contributed by atoms with E-state index in [4.69, 9.17) is 0 Å². The molecule has 1 fully saturated rings. The van der Waals surface area contributed by atoms with E-state index >= 15 is 0 Å². The van der Waals surface area contributed by atoms with Crippen molar-refractivity contribution in [3.05, 3.63) is 47.2 Å². The molecule has 0 radical (unpaired) electrons. The molecule has 1 aliphatic rings. The number of aromatic nitrogens is 2. The van der Waals surface area contributed by atoms with Crippen molar-refractivity contribution in [2.45, 2.75) is 51.6 Å². The van der Waals surface area contributed by atoms with E-state index in [1.165, 1.54) is 6.07 Å². The molecule has 1 aliphatic carbocycles. The third-order valence-electron chi connectivity index (χ3n) is 5.36.